The van der Waals surface area contributed by atoms with Crippen LogP contribution in [0.15, 0.2) is 52.5 Å². The molecule has 2 aromatic rings. The molecule has 0 aromatic heterocycles. The number of carbonyl (C=O) groups excluding carboxylic acids is 2. The van der Waals surface area contributed by atoms with Crippen molar-refractivity contribution in [3.05, 3.63) is 63.6 Å². The molecule has 1 fully saturated rings. The third-order valence-electron chi connectivity index (χ3n) is 8.11. The van der Waals surface area contributed by atoms with Crippen LogP contribution in [0.5, 0.6) is 11.5 Å². The second-order valence-corrected chi connectivity index (χ2v) is 12.1. The second kappa shape index (κ2) is 18.0. The summed E-state index contributed by atoms with van der Waals surface area (Å²) in [5.41, 5.74) is 1.26. The molecule has 6 nitrogen and oxygen atoms in total. The van der Waals surface area contributed by atoms with E-state index in [-0.39, 0.29) is 11.3 Å². The molecule has 230 valence electrons. The van der Waals surface area contributed by atoms with E-state index in [4.69, 9.17) is 9.47 Å². The van der Waals surface area contributed by atoms with Crippen LogP contribution in [0.2, 0.25) is 0 Å². The monoisotopic (exact) mass is 641 g/mol. The minimum atomic E-state index is -0.717. The molecule has 3 rings (SSSR count). The number of aliphatic hydroxyl groups excluding tert-OH is 1. The molecule has 0 bridgehead atoms. The summed E-state index contributed by atoms with van der Waals surface area (Å²) in [6, 6.07) is 11.7. The number of hydrogen-bond acceptors (Lipinski definition) is 5. The number of aliphatic hydroxyl groups is 1. The first-order valence-electron chi connectivity index (χ1n) is 15.7. The predicted octanol–water partition coefficient (Wildman–Crippen LogP) is 9.37. The van der Waals surface area contributed by atoms with E-state index in [9.17, 15) is 14.7 Å². The lowest BCUT2D eigenvalue weighted by Crippen LogP contribution is -2.30. The molecular formula is C35H48BrNO5. The minimum Gasteiger partial charge on any atom is -0.507 e. The molecule has 0 unspecified atom stereocenters. The maximum Gasteiger partial charge on any atom is 0.295 e. The number of amides is 1. The molecule has 0 aliphatic carbocycles. The standard InChI is InChI=1S/C35H48BrNO5/c1-4-5-6-7-8-9-10-11-12-13-14-15-16-17-23-37-32(26-21-22-29(41-2)30(25-26)42-3)31(34(39)35(37)40)33(38)27-19-18-20-28(36)24-27/h18-22,24-25,32,38H,4-17,23H2,1-3H3/b33-31+/t32-/m1/s1. The van der Waals surface area contributed by atoms with Crippen molar-refractivity contribution in [2.75, 3.05) is 20.8 Å². The summed E-state index contributed by atoms with van der Waals surface area (Å²) >= 11 is 3.43. The van der Waals surface area contributed by atoms with Gasteiger partial charge in [0.1, 0.15) is 5.76 Å². The van der Waals surface area contributed by atoms with Crippen LogP contribution in [0.3, 0.4) is 0 Å². The van der Waals surface area contributed by atoms with Crippen molar-refractivity contribution >= 4 is 33.4 Å². The Morgan fingerprint density at radius 1 is 0.786 bits per heavy atom. The Balaban J connectivity index is 1.62. The van der Waals surface area contributed by atoms with E-state index in [1.165, 1.54) is 70.6 Å². The summed E-state index contributed by atoms with van der Waals surface area (Å²) in [4.78, 5) is 28.3. The van der Waals surface area contributed by atoms with E-state index >= 15 is 0 Å². The topological polar surface area (TPSA) is 76.1 Å². The van der Waals surface area contributed by atoms with E-state index in [0.717, 1.165) is 23.7 Å². The average molecular weight is 643 g/mol. The summed E-state index contributed by atoms with van der Waals surface area (Å²) in [7, 11) is 3.11. The number of Topliss-reactive ketones (excluding diaryl/α,β-unsaturated/α-hetero) is 1. The smallest absolute Gasteiger partial charge is 0.295 e. The number of halogens is 1. The molecule has 1 amide bonds. The zero-order chi connectivity index (χ0) is 30.3. The van der Waals surface area contributed by atoms with Gasteiger partial charge in [-0.3, -0.25) is 9.59 Å². The highest BCUT2D eigenvalue weighted by Crippen LogP contribution is 2.42. The first-order chi connectivity index (χ1) is 20.4. The second-order valence-electron chi connectivity index (χ2n) is 11.2. The molecule has 1 saturated heterocycles. The molecule has 1 N–H and O–H groups in total. The van der Waals surface area contributed by atoms with Crippen LogP contribution in [-0.2, 0) is 9.59 Å². The largest absolute Gasteiger partial charge is 0.507 e. The van der Waals surface area contributed by atoms with Gasteiger partial charge in [-0.2, -0.15) is 0 Å². The van der Waals surface area contributed by atoms with E-state index in [2.05, 4.69) is 22.9 Å². The predicted molar refractivity (Wildman–Crippen MR) is 173 cm³/mol. The van der Waals surface area contributed by atoms with Crippen molar-refractivity contribution in [1.29, 1.82) is 0 Å². The van der Waals surface area contributed by atoms with Crippen molar-refractivity contribution < 1.29 is 24.2 Å². The lowest BCUT2D eigenvalue weighted by atomic mass is 9.95. The fourth-order valence-electron chi connectivity index (χ4n) is 5.75. The summed E-state index contributed by atoms with van der Waals surface area (Å²) in [6.45, 7) is 2.70. The number of nitrogens with zero attached hydrogens (tertiary/aromatic N) is 1. The molecule has 1 aliphatic heterocycles. The average Bonchev–Trinajstić information content (AvgIpc) is 3.25. The number of hydrogen-bond donors (Lipinski definition) is 1. The molecule has 0 radical (unpaired) electrons. The lowest BCUT2D eigenvalue weighted by molar-refractivity contribution is -0.139. The third kappa shape index (κ3) is 9.35. The van der Waals surface area contributed by atoms with Crippen LogP contribution in [0.1, 0.15) is 114 Å². The number of methoxy groups -OCH3 is 2. The van der Waals surface area contributed by atoms with Crippen LogP contribution < -0.4 is 9.47 Å². The van der Waals surface area contributed by atoms with Gasteiger partial charge in [0.05, 0.1) is 25.8 Å². The highest BCUT2D eigenvalue weighted by Gasteiger charge is 2.46. The summed E-state index contributed by atoms with van der Waals surface area (Å²) in [5, 5.41) is 11.3. The summed E-state index contributed by atoms with van der Waals surface area (Å²) < 4.78 is 11.7. The molecule has 0 spiro atoms. The highest BCUT2D eigenvalue weighted by molar-refractivity contribution is 9.10. The van der Waals surface area contributed by atoms with E-state index < -0.39 is 17.7 Å². The number of ether oxygens (including phenoxy) is 2. The van der Waals surface area contributed by atoms with Gasteiger partial charge >= 0.3 is 0 Å². The molecule has 2 aromatic carbocycles. The molecule has 42 heavy (non-hydrogen) atoms. The number of carbonyl (C=O) groups is 2. The molecule has 1 aliphatic rings. The van der Waals surface area contributed by atoms with Gasteiger partial charge in [-0.15, -0.1) is 0 Å². The Morgan fingerprint density at radius 2 is 1.36 bits per heavy atom. The van der Waals surface area contributed by atoms with Crippen LogP contribution in [0.25, 0.3) is 5.76 Å². The Bertz CT molecular complexity index is 1190. The molecule has 1 heterocycles. The quantitative estimate of drug-likeness (QED) is 0.0715. The van der Waals surface area contributed by atoms with Crippen molar-refractivity contribution in [3.8, 4) is 11.5 Å². The highest BCUT2D eigenvalue weighted by atomic mass is 79.9. The summed E-state index contributed by atoms with van der Waals surface area (Å²) in [5.74, 6) is -0.381. The van der Waals surface area contributed by atoms with Crippen molar-refractivity contribution in [1.82, 2.24) is 4.90 Å². The fourth-order valence-corrected chi connectivity index (χ4v) is 6.15. The number of ketones is 1. The van der Waals surface area contributed by atoms with Gasteiger partial charge in [-0.25, -0.2) is 0 Å². The van der Waals surface area contributed by atoms with Crippen molar-refractivity contribution in [2.45, 2.75) is 103 Å². The maximum atomic E-state index is 13.3. The molecule has 7 heteroatoms. The molecule has 1 atom stereocenters. The van der Waals surface area contributed by atoms with E-state index in [1.54, 1.807) is 49.5 Å². The van der Waals surface area contributed by atoms with Crippen LogP contribution >= 0.6 is 15.9 Å². The van der Waals surface area contributed by atoms with Crippen LogP contribution in [0.4, 0.5) is 0 Å². The first kappa shape index (κ1) is 33.7. The van der Waals surface area contributed by atoms with Gasteiger partial charge in [0.15, 0.2) is 11.5 Å². The Hall–Kier alpha value is -2.80. The van der Waals surface area contributed by atoms with Gasteiger partial charge < -0.3 is 19.5 Å². The molecular weight excluding hydrogens is 594 g/mol. The van der Waals surface area contributed by atoms with Gasteiger partial charge in [0.25, 0.3) is 11.7 Å². The Kier molecular flexibility index (Phi) is 14.4. The third-order valence-corrected chi connectivity index (χ3v) is 8.61. The number of unbranched alkanes of at least 4 members (excludes halogenated alkanes) is 13. The van der Waals surface area contributed by atoms with Crippen molar-refractivity contribution in [2.24, 2.45) is 0 Å². The zero-order valence-corrected chi connectivity index (χ0v) is 27.2. The van der Waals surface area contributed by atoms with Gasteiger partial charge in [-0.05, 0) is 36.2 Å². The van der Waals surface area contributed by atoms with E-state index in [1.807, 2.05) is 12.1 Å². The number of likely N-dealkylation sites (tertiary alicyclic amines) is 1. The van der Waals surface area contributed by atoms with Crippen molar-refractivity contribution in [3.63, 3.8) is 0 Å². The SMILES string of the molecule is CCCCCCCCCCCCCCCCN1C(=O)C(=O)/C(=C(/O)c2cccc(Br)c2)[C@H]1c1ccc(OC)c(OC)c1. The fraction of sp³-hybridized carbons (Fsp3) is 0.543. The first-order valence-corrected chi connectivity index (χ1v) is 16.5. The Labute approximate surface area is 260 Å². The molecule has 0 saturated carbocycles. The van der Waals surface area contributed by atoms with Crippen LogP contribution in [0, 0.1) is 0 Å². The van der Waals surface area contributed by atoms with Gasteiger partial charge in [-0.1, -0.05) is 125 Å². The van der Waals surface area contributed by atoms with Gasteiger partial charge in [0, 0.05) is 16.6 Å². The van der Waals surface area contributed by atoms with Crippen LogP contribution in [-0.4, -0.2) is 42.5 Å². The lowest BCUT2D eigenvalue weighted by Gasteiger charge is -2.26. The summed E-state index contributed by atoms with van der Waals surface area (Å²) in [6.07, 6.45) is 17.5. The Morgan fingerprint density at radius 3 is 1.90 bits per heavy atom. The normalized spacial score (nSPS) is 16.3. The number of benzene rings is 2. The number of rotatable bonds is 19. The van der Waals surface area contributed by atoms with E-state index in [0.29, 0.717) is 29.2 Å². The zero-order valence-electron chi connectivity index (χ0n) is 25.6. The maximum absolute atomic E-state index is 13.3. The minimum absolute atomic E-state index is 0.0932. The van der Waals surface area contributed by atoms with Gasteiger partial charge in [0.2, 0.25) is 0 Å².